The molecule has 3 aliphatic carbocycles. The quantitative estimate of drug-likeness (QED) is 0.0854. The van der Waals surface area contributed by atoms with Crippen LogP contribution in [0, 0.1) is 23.2 Å². The van der Waals surface area contributed by atoms with Crippen LogP contribution in [0.4, 0.5) is 0 Å². The van der Waals surface area contributed by atoms with E-state index in [4.69, 9.17) is 9.47 Å². The van der Waals surface area contributed by atoms with Crippen LogP contribution >= 0.6 is 0 Å². The Hall–Kier alpha value is -3.08. The molecule has 1 aliphatic heterocycles. The Balaban J connectivity index is 1.14. The highest BCUT2D eigenvalue weighted by Gasteiger charge is 2.50. The Kier molecular flexibility index (Phi) is 15.9. The maximum absolute atomic E-state index is 12.8. The summed E-state index contributed by atoms with van der Waals surface area (Å²) in [5.74, 6) is 0.589. The second-order valence-electron chi connectivity index (χ2n) is 19.3. The fourth-order valence-electron chi connectivity index (χ4n) is 9.64. The number of carbonyl (C=O) groups is 4. The zero-order valence-electron chi connectivity index (χ0n) is 35.9. The summed E-state index contributed by atoms with van der Waals surface area (Å²) < 4.78 is 12.4. The molecule has 0 bridgehead atoms. The molecule has 1 unspecified atom stereocenters. The number of rotatable bonds is 20. The first-order valence-corrected chi connectivity index (χ1v) is 21.3. The number of fused-ring (bicyclic) bond motifs is 1. The third kappa shape index (κ3) is 13.5. The molecule has 56 heavy (non-hydrogen) atoms. The Bertz CT molecular complexity index is 1500. The van der Waals surface area contributed by atoms with E-state index >= 15 is 0 Å². The van der Waals surface area contributed by atoms with Gasteiger partial charge in [-0.3, -0.25) is 24.1 Å². The van der Waals surface area contributed by atoms with Crippen molar-refractivity contribution in [1.82, 2.24) is 15.5 Å². The minimum atomic E-state index is -0.699. The third-order valence-corrected chi connectivity index (χ3v) is 12.8. The molecule has 5 atom stereocenters. The van der Waals surface area contributed by atoms with Crippen molar-refractivity contribution in [2.45, 2.75) is 168 Å². The van der Waals surface area contributed by atoms with Gasteiger partial charge < -0.3 is 25.2 Å². The number of amides is 4. The van der Waals surface area contributed by atoms with Crippen LogP contribution in [-0.2, 0) is 28.7 Å². The van der Waals surface area contributed by atoms with Crippen molar-refractivity contribution < 1.29 is 33.8 Å². The molecule has 4 amide bonds. The van der Waals surface area contributed by atoms with E-state index in [2.05, 4.69) is 43.2 Å². The van der Waals surface area contributed by atoms with E-state index in [1.54, 1.807) is 5.57 Å². The summed E-state index contributed by atoms with van der Waals surface area (Å²) >= 11 is 0. The largest absolute Gasteiger partial charge is 0.390 e. The molecule has 0 saturated heterocycles. The minimum Gasteiger partial charge on any atom is -0.390 e. The number of nitrogens with one attached hydrogen (secondary N) is 2. The van der Waals surface area contributed by atoms with E-state index in [9.17, 15) is 24.3 Å². The second kappa shape index (κ2) is 19.6. The highest BCUT2D eigenvalue weighted by molar-refractivity contribution is 6.14. The zero-order chi connectivity index (χ0) is 41.3. The standard InChI is InChI=1S/C46H73N3O7/c1-32-15-18-36(29-35(32)17-16-34-14-11-24-46(9)37(19-20-38(34)46)33(2)13-10-23-44(5,6)54)55-27-12-26-47-39(50)30-45(7,8)56-28-25-43(3,4)48-40(51)31-49-41(52)21-22-42(49)53/h16-17,21-22,33,36-38,54H,1,10-15,18-20,23-31H2,2-9H3,(H,47,50)(H,48,51)/b34-16+,35-17-/t33-,36+,37?,38+,46-/m1/s1. The molecular formula is C46H73N3O7. The molecule has 0 spiro atoms. The zero-order valence-corrected chi connectivity index (χ0v) is 35.9. The molecule has 314 valence electrons. The van der Waals surface area contributed by atoms with Crippen molar-refractivity contribution >= 4 is 23.6 Å². The lowest BCUT2D eigenvalue weighted by atomic mass is 9.60. The van der Waals surface area contributed by atoms with Crippen molar-refractivity contribution in [3.05, 3.63) is 47.6 Å². The predicted molar refractivity (Wildman–Crippen MR) is 221 cm³/mol. The van der Waals surface area contributed by atoms with E-state index in [0.29, 0.717) is 43.4 Å². The van der Waals surface area contributed by atoms with Crippen LogP contribution in [0.5, 0.6) is 0 Å². The molecule has 0 radical (unpaired) electrons. The summed E-state index contributed by atoms with van der Waals surface area (Å²) in [7, 11) is 0. The maximum atomic E-state index is 12.8. The molecule has 10 heteroatoms. The SMILES string of the molecule is C=C1CC[C@H](OCCCNC(=O)CC(C)(C)OCCC(C)(C)NC(=O)CN2C(=O)C=CC2=O)C/C1=C/C=C1\CCC[C@]2(C)C([C@H](C)CCCC(C)(C)O)CC[C@@H]12. The van der Waals surface area contributed by atoms with Crippen LogP contribution < -0.4 is 10.6 Å². The first kappa shape index (κ1) is 45.6. The summed E-state index contributed by atoms with van der Waals surface area (Å²) in [6.45, 7) is 21.8. The van der Waals surface area contributed by atoms with Gasteiger partial charge in [-0.15, -0.1) is 0 Å². The number of imide groups is 1. The average Bonchev–Trinajstić information content (AvgIpc) is 3.60. The van der Waals surface area contributed by atoms with Crippen molar-refractivity contribution in [3.63, 3.8) is 0 Å². The summed E-state index contributed by atoms with van der Waals surface area (Å²) in [5.41, 5.74) is 2.61. The summed E-state index contributed by atoms with van der Waals surface area (Å²) in [5, 5.41) is 16.1. The van der Waals surface area contributed by atoms with Gasteiger partial charge in [-0.25, -0.2) is 0 Å². The summed E-state index contributed by atoms with van der Waals surface area (Å²) in [4.78, 5) is 49.6. The first-order valence-electron chi connectivity index (χ1n) is 21.3. The first-order chi connectivity index (χ1) is 26.2. The van der Waals surface area contributed by atoms with Crippen molar-refractivity contribution in [3.8, 4) is 0 Å². The normalized spacial score (nSPS) is 26.6. The lowest BCUT2D eigenvalue weighted by molar-refractivity contribution is -0.141. The van der Waals surface area contributed by atoms with E-state index in [1.807, 2.05) is 41.5 Å². The van der Waals surface area contributed by atoms with Crippen LogP contribution in [0.1, 0.15) is 145 Å². The van der Waals surface area contributed by atoms with Crippen molar-refractivity contribution in [1.29, 1.82) is 0 Å². The Labute approximate surface area is 337 Å². The molecule has 10 nitrogen and oxygen atoms in total. The van der Waals surface area contributed by atoms with Gasteiger partial charge in [-0.1, -0.05) is 56.6 Å². The summed E-state index contributed by atoms with van der Waals surface area (Å²) in [6, 6.07) is 0. The molecule has 4 rings (SSSR count). The minimum absolute atomic E-state index is 0.0871. The van der Waals surface area contributed by atoms with Gasteiger partial charge in [0.1, 0.15) is 6.54 Å². The van der Waals surface area contributed by atoms with Gasteiger partial charge in [0.25, 0.3) is 11.8 Å². The van der Waals surface area contributed by atoms with Crippen molar-refractivity contribution in [2.24, 2.45) is 23.2 Å². The topological polar surface area (TPSA) is 134 Å². The molecule has 0 aromatic heterocycles. The highest BCUT2D eigenvalue weighted by atomic mass is 16.5. The van der Waals surface area contributed by atoms with Gasteiger partial charge in [-0.2, -0.15) is 0 Å². The fourth-order valence-corrected chi connectivity index (χ4v) is 9.64. The van der Waals surface area contributed by atoms with E-state index in [1.165, 1.54) is 49.7 Å². The molecule has 0 aromatic rings. The third-order valence-electron chi connectivity index (χ3n) is 12.8. The maximum Gasteiger partial charge on any atom is 0.254 e. The van der Waals surface area contributed by atoms with E-state index < -0.39 is 34.5 Å². The highest BCUT2D eigenvalue weighted by Crippen LogP contribution is 2.60. The van der Waals surface area contributed by atoms with Gasteiger partial charge in [0.2, 0.25) is 11.8 Å². The number of hydrogen-bond donors (Lipinski definition) is 3. The van der Waals surface area contributed by atoms with Crippen molar-refractivity contribution in [2.75, 3.05) is 26.3 Å². The number of carbonyl (C=O) groups excluding carboxylic acids is 4. The van der Waals surface area contributed by atoms with Crippen LogP contribution in [0.25, 0.3) is 0 Å². The number of ether oxygens (including phenoxy) is 2. The van der Waals surface area contributed by atoms with Crippen LogP contribution in [0.2, 0.25) is 0 Å². The molecule has 4 aliphatic rings. The van der Waals surface area contributed by atoms with Gasteiger partial charge in [0.15, 0.2) is 0 Å². The van der Waals surface area contributed by atoms with Gasteiger partial charge in [-0.05, 0) is 141 Å². The number of aliphatic hydroxyl groups is 1. The second-order valence-corrected chi connectivity index (χ2v) is 19.3. The smallest absolute Gasteiger partial charge is 0.254 e. The summed E-state index contributed by atoms with van der Waals surface area (Å²) in [6.07, 6.45) is 21.0. The lowest BCUT2D eigenvalue weighted by Gasteiger charge is -2.44. The molecule has 3 fully saturated rings. The monoisotopic (exact) mass is 780 g/mol. The lowest BCUT2D eigenvalue weighted by Crippen LogP contribution is -2.49. The molecule has 3 saturated carbocycles. The van der Waals surface area contributed by atoms with E-state index in [0.717, 1.165) is 61.5 Å². The molecular weight excluding hydrogens is 707 g/mol. The molecule has 0 aromatic carbocycles. The van der Waals surface area contributed by atoms with E-state index in [-0.39, 0.29) is 25.0 Å². The molecule has 1 heterocycles. The van der Waals surface area contributed by atoms with Crippen LogP contribution in [-0.4, -0.2) is 82.8 Å². The van der Waals surface area contributed by atoms with Crippen LogP contribution in [0.3, 0.4) is 0 Å². The number of hydrogen-bond acceptors (Lipinski definition) is 7. The number of allylic oxidation sites excluding steroid dienone is 4. The van der Waals surface area contributed by atoms with Gasteiger partial charge >= 0.3 is 0 Å². The fraction of sp³-hybridized carbons (Fsp3) is 0.739. The Morgan fingerprint density at radius 1 is 1.00 bits per heavy atom. The molecule has 3 N–H and O–H groups in total. The predicted octanol–water partition coefficient (Wildman–Crippen LogP) is 7.66. The number of nitrogens with zero attached hydrogens (tertiary/aromatic N) is 1. The van der Waals surface area contributed by atoms with Gasteiger partial charge in [0.05, 0.1) is 23.7 Å². The van der Waals surface area contributed by atoms with Crippen LogP contribution in [0.15, 0.2) is 47.6 Å². The Morgan fingerprint density at radius 3 is 2.41 bits per heavy atom. The Morgan fingerprint density at radius 2 is 1.71 bits per heavy atom. The average molecular weight is 780 g/mol. The van der Waals surface area contributed by atoms with Gasteiger partial charge in [0, 0.05) is 37.4 Å².